The molecule has 0 saturated carbocycles. The lowest BCUT2D eigenvalue weighted by Crippen LogP contribution is -2.28. The minimum atomic E-state index is -0.137. The minimum Gasteiger partial charge on any atom is -0.350 e. The lowest BCUT2D eigenvalue weighted by molar-refractivity contribution is 0.102. The van der Waals surface area contributed by atoms with Crippen LogP contribution >= 0.6 is 35.3 Å². The molecule has 0 spiro atoms. The first kappa shape index (κ1) is 26.0. The smallest absolute Gasteiger partial charge is 0.255 e. The maximum absolute atomic E-state index is 12.8. The summed E-state index contributed by atoms with van der Waals surface area (Å²) in [7, 11) is 6.18. The molecule has 0 aliphatic carbocycles. The van der Waals surface area contributed by atoms with Crippen LogP contribution in [-0.2, 0) is 0 Å². The molecule has 1 amide bonds. The first-order valence-electron chi connectivity index (χ1n) is 10.7. The Morgan fingerprint density at radius 2 is 1.74 bits per heavy atom. The lowest BCUT2D eigenvalue weighted by atomic mass is 9.99. The van der Waals surface area contributed by atoms with Crippen LogP contribution in [0.25, 0.3) is 21.3 Å². The van der Waals surface area contributed by atoms with Gasteiger partial charge < -0.3 is 15.1 Å². The molecule has 3 aromatic carbocycles. The highest BCUT2D eigenvalue weighted by molar-refractivity contribution is 7.22. The molecule has 0 radical (unpaired) electrons. The summed E-state index contributed by atoms with van der Waals surface area (Å²) < 4.78 is 1.05. The molecule has 178 valence electrons. The Morgan fingerprint density at radius 1 is 1.00 bits per heavy atom. The van der Waals surface area contributed by atoms with Gasteiger partial charge in [-0.3, -0.25) is 4.79 Å². The molecule has 4 aromatic rings. The van der Waals surface area contributed by atoms with Gasteiger partial charge in [-0.25, -0.2) is 4.98 Å². The Labute approximate surface area is 215 Å². The van der Waals surface area contributed by atoms with Crippen molar-refractivity contribution in [1.82, 2.24) is 9.88 Å². The predicted octanol–water partition coefficient (Wildman–Crippen LogP) is 6.60. The fourth-order valence-corrected chi connectivity index (χ4v) is 4.77. The van der Waals surface area contributed by atoms with Crippen molar-refractivity contribution in [2.75, 3.05) is 44.4 Å². The van der Waals surface area contributed by atoms with E-state index in [-0.39, 0.29) is 18.3 Å². The number of hydrogen-bond acceptors (Lipinski definition) is 5. The third kappa shape index (κ3) is 6.07. The standard InChI is InChI=1S/C26H27ClN4OS.ClH/c1-17-15-20(27)9-11-22(17)18-5-7-19(8-6-18)25(32)28-21-10-12-23-24(16-21)33-26(29-23)31(4)14-13-30(2)3;/h5-12,15-16H,13-14H2,1-4H3,(H,28,32);1H. The summed E-state index contributed by atoms with van der Waals surface area (Å²) in [6, 6.07) is 19.3. The van der Waals surface area contributed by atoms with Gasteiger partial charge >= 0.3 is 0 Å². The van der Waals surface area contributed by atoms with Crippen molar-refractivity contribution in [3.63, 3.8) is 0 Å². The zero-order chi connectivity index (χ0) is 23.5. The van der Waals surface area contributed by atoms with E-state index in [2.05, 4.69) is 36.3 Å². The van der Waals surface area contributed by atoms with E-state index < -0.39 is 0 Å². The first-order chi connectivity index (χ1) is 15.8. The molecule has 0 unspecified atom stereocenters. The highest BCUT2D eigenvalue weighted by atomic mass is 35.5. The van der Waals surface area contributed by atoms with Crippen molar-refractivity contribution < 1.29 is 4.79 Å². The topological polar surface area (TPSA) is 48.5 Å². The van der Waals surface area contributed by atoms with Crippen molar-refractivity contribution in [3.8, 4) is 11.1 Å². The molecule has 1 N–H and O–H groups in total. The molecule has 4 rings (SSSR count). The molecule has 5 nitrogen and oxygen atoms in total. The first-order valence-corrected chi connectivity index (χ1v) is 11.9. The van der Waals surface area contributed by atoms with Gasteiger partial charge in [-0.15, -0.1) is 12.4 Å². The second-order valence-corrected chi connectivity index (χ2v) is 9.84. The van der Waals surface area contributed by atoms with Gasteiger partial charge in [0.2, 0.25) is 0 Å². The Balaban J connectivity index is 0.00000324. The summed E-state index contributed by atoms with van der Waals surface area (Å²) in [5.74, 6) is -0.137. The number of aromatic nitrogens is 1. The van der Waals surface area contributed by atoms with Crippen LogP contribution in [0.1, 0.15) is 15.9 Å². The van der Waals surface area contributed by atoms with E-state index in [1.54, 1.807) is 11.3 Å². The van der Waals surface area contributed by atoms with Crippen LogP contribution < -0.4 is 10.2 Å². The van der Waals surface area contributed by atoms with Gasteiger partial charge in [-0.2, -0.15) is 0 Å². The molecule has 0 aliphatic heterocycles. The molecule has 0 fully saturated rings. The summed E-state index contributed by atoms with van der Waals surface area (Å²) in [6.45, 7) is 3.90. The second kappa shape index (κ2) is 11.2. The van der Waals surface area contributed by atoms with Crippen LogP contribution in [0.3, 0.4) is 0 Å². The molecule has 34 heavy (non-hydrogen) atoms. The number of carbonyl (C=O) groups excluding carboxylic acids is 1. The number of amides is 1. The van der Waals surface area contributed by atoms with E-state index in [4.69, 9.17) is 16.6 Å². The number of thiazole rings is 1. The molecule has 1 aromatic heterocycles. The van der Waals surface area contributed by atoms with E-state index in [0.717, 1.165) is 55.8 Å². The van der Waals surface area contributed by atoms with Gasteiger partial charge in [0.25, 0.3) is 5.91 Å². The van der Waals surface area contributed by atoms with Crippen LogP contribution in [-0.4, -0.2) is 50.0 Å². The SMILES string of the molecule is Cc1cc(Cl)ccc1-c1ccc(C(=O)Nc2ccc3nc(N(C)CCN(C)C)sc3c2)cc1.Cl. The van der Waals surface area contributed by atoms with Crippen molar-refractivity contribution in [2.24, 2.45) is 0 Å². The van der Waals surface area contributed by atoms with Crippen LogP contribution in [0.15, 0.2) is 60.7 Å². The van der Waals surface area contributed by atoms with Crippen molar-refractivity contribution in [1.29, 1.82) is 0 Å². The number of hydrogen-bond donors (Lipinski definition) is 1. The lowest BCUT2D eigenvalue weighted by Gasteiger charge is -2.18. The number of nitrogens with one attached hydrogen (secondary N) is 1. The summed E-state index contributed by atoms with van der Waals surface area (Å²) in [5.41, 5.74) is 5.57. The quantitative estimate of drug-likeness (QED) is 0.301. The highest BCUT2D eigenvalue weighted by Crippen LogP contribution is 2.31. The number of carbonyl (C=O) groups is 1. The number of anilines is 2. The maximum atomic E-state index is 12.8. The van der Waals surface area contributed by atoms with Crippen molar-refractivity contribution >= 4 is 62.3 Å². The minimum absolute atomic E-state index is 0. The van der Waals surface area contributed by atoms with Gasteiger partial charge in [0.05, 0.1) is 10.2 Å². The number of halogens is 2. The molecule has 0 saturated heterocycles. The summed E-state index contributed by atoms with van der Waals surface area (Å²) in [4.78, 5) is 21.9. The van der Waals surface area contributed by atoms with Crippen LogP contribution in [0.4, 0.5) is 10.8 Å². The number of nitrogens with zero attached hydrogens (tertiary/aromatic N) is 3. The number of likely N-dealkylation sites (N-methyl/N-ethyl adjacent to an activating group) is 2. The Hall–Kier alpha value is -2.64. The molecular formula is C26H28Cl2N4OS. The molecule has 0 aliphatic rings. The van der Waals surface area contributed by atoms with Gasteiger partial charge in [0, 0.05) is 36.4 Å². The van der Waals surface area contributed by atoms with E-state index in [1.165, 1.54) is 0 Å². The zero-order valence-corrected chi connectivity index (χ0v) is 22.0. The van der Waals surface area contributed by atoms with E-state index in [9.17, 15) is 4.79 Å². The zero-order valence-electron chi connectivity index (χ0n) is 19.6. The van der Waals surface area contributed by atoms with Gasteiger partial charge in [0.15, 0.2) is 5.13 Å². The number of aryl methyl sites for hydroxylation is 1. The number of fused-ring (bicyclic) bond motifs is 1. The molecular weight excluding hydrogens is 487 g/mol. The second-order valence-electron chi connectivity index (χ2n) is 8.39. The van der Waals surface area contributed by atoms with E-state index in [0.29, 0.717) is 5.56 Å². The normalized spacial score (nSPS) is 10.9. The van der Waals surface area contributed by atoms with Crippen LogP contribution in [0.2, 0.25) is 5.02 Å². The van der Waals surface area contributed by atoms with Gasteiger partial charge in [-0.1, -0.05) is 41.1 Å². The third-order valence-electron chi connectivity index (χ3n) is 5.49. The van der Waals surface area contributed by atoms with E-state index >= 15 is 0 Å². The van der Waals surface area contributed by atoms with E-state index in [1.807, 2.05) is 67.6 Å². The van der Waals surface area contributed by atoms with Crippen molar-refractivity contribution in [3.05, 3.63) is 76.8 Å². The summed E-state index contributed by atoms with van der Waals surface area (Å²) in [5, 5.41) is 4.70. The Morgan fingerprint density at radius 3 is 2.41 bits per heavy atom. The Kier molecular flexibility index (Phi) is 8.55. The third-order valence-corrected chi connectivity index (χ3v) is 6.86. The van der Waals surface area contributed by atoms with Crippen LogP contribution in [0.5, 0.6) is 0 Å². The van der Waals surface area contributed by atoms with Crippen LogP contribution in [0, 0.1) is 6.92 Å². The summed E-state index contributed by atoms with van der Waals surface area (Å²) >= 11 is 7.70. The maximum Gasteiger partial charge on any atom is 0.255 e. The number of rotatable bonds is 7. The fraction of sp³-hybridized carbons (Fsp3) is 0.231. The molecule has 1 heterocycles. The fourth-order valence-electron chi connectivity index (χ4n) is 3.55. The average molecular weight is 516 g/mol. The highest BCUT2D eigenvalue weighted by Gasteiger charge is 2.12. The monoisotopic (exact) mass is 514 g/mol. The molecule has 0 atom stereocenters. The largest absolute Gasteiger partial charge is 0.350 e. The van der Waals surface area contributed by atoms with Gasteiger partial charge in [0.1, 0.15) is 0 Å². The summed E-state index contributed by atoms with van der Waals surface area (Å²) in [6.07, 6.45) is 0. The van der Waals surface area contributed by atoms with Crippen molar-refractivity contribution in [2.45, 2.75) is 6.92 Å². The predicted molar refractivity (Wildman–Crippen MR) is 148 cm³/mol. The number of benzene rings is 3. The Bertz CT molecular complexity index is 1290. The average Bonchev–Trinajstić information content (AvgIpc) is 3.21. The molecule has 0 bridgehead atoms. The molecule has 8 heteroatoms. The van der Waals surface area contributed by atoms with Gasteiger partial charge in [-0.05, 0) is 80.2 Å².